The largest absolute Gasteiger partial charge is 0.382 e. The Labute approximate surface area is 160 Å². The summed E-state index contributed by atoms with van der Waals surface area (Å²) in [4.78, 5) is 11.8. The normalized spacial score (nSPS) is 10.7. The van der Waals surface area contributed by atoms with E-state index in [1.807, 2.05) is 30.3 Å². The first kappa shape index (κ1) is 20.5. The zero-order chi connectivity index (χ0) is 19.6. The SMILES string of the molecule is CC(C)COCCC(=O)NCCCc1nn(-c2ccccc2)c(N)c1C#N. The van der Waals surface area contributed by atoms with Crippen LogP contribution < -0.4 is 11.1 Å². The van der Waals surface area contributed by atoms with Crippen molar-refractivity contribution in [3.05, 3.63) is 41.6 Å². The Morgan fingerprint density at radius 1 is 1.37 bits per heavy atom. The number of nitriles is 1. The lowest BCUT2D eigenvalue weighted by molar-refractivity contribution is -0.122. The summed E-state index contributed by atoms with van der Waals surface area (Å²) < 4.78 is 6.99. The first-order valence-electron chi connectivity index (χ1n) is 9.20. The number of nitrogens with zero attached hydrogens (tertiary/aromatic N) is 3. The minimum atomic E-state index is -0.0337. The Morgan fingerprint density at radius 2 is 2.11 bits per heavy atom. The molecule has 1 aromatic heterocycles. The number of aromatic nitrogens is 2. The van der Waals surface area contributed by atoms with Crippen molar-refractivity contribution in [2.24, 2.45) is 5.92 Å². The van der Waals surface area contributed by atoms with Crippen LogP contribution in [0.4, 0.5) is 5.82 Å². The number of amides is 1. The molecule has 0 aliphatic rings. The molecule has 27 heavy (non-hydrogen) atoms. The summed E-state index contributed by atoms with van der Waals surface area (Å²) in [5.74, 6) is 0.768. The summed E-state index contributed by atoms with van der Waals surface area (Å²) in [7, 11) is 0. The third-order valence-corrected chi connectivity index (χ3v) is 3.94. The van der Waals surface area contributed by atoms with E-state index in [2.05, 4.69) is 30.3 Å². The van der Waals surface area contributed by atoms with Gasteiger partial charge in [0.2, 0.25) is 5.91 Å². The molecular weight excluding hydrogens is 342 g/mol. The molecule has 0 spiro atoms. The maximum absolute atomic E-state index is 11.8. The van der Waals surface area contributed by atoms with Crippen molar-refractivity contribution in [1.82, 2.24) is 15.1 Å². The number of anilines is 1. The summed E-state index contributed by atoms with van der Waals surface area (Å²) in [5, 5.41) is 16.7. The molecule has 2 rings (SSSR count). The van der Waals surface area contributed by atoms with Gasteiger partial charge in [-0.25, -0.2) is 4.68 Å². The summed E-state index contributed by atoms with van der Waals surface area (Å²) in [6.45, 7) is 5.76. The van der Waals surface area contributed by atoms with E-state index in [1.165, 1.54) is 0 Å². The molecule has 3 N–H and O–H groups in total. The fourth-order valence-electron chi connectivity index (χ4n) is 2.60. The Bertz CT molecular complexity index is 778. The van der Waals surface area contributed by atoms with Gasteiger partial charge in [0, 0.05) is 19.6 Å². The highest BCUT2D eigenvalue weighted by Crippen LogP contribution is 2.21. The predicted molar refractivity (Wildman–Crippen MR) is 104 cm³/mol. The van der Waals surface area contributed by atoms with E-state index in [0.29, 0.717) is 62.0 Å². The summed E-state index contributed by atoms with van der Waals surface area (Å²) >= 11 is 0. The fourth-order valence-corrected chi connectivity index (χ4v) is 2.60. The molecule has 0 unspecified atom stereocenters. The highest BCUT2D eigenvalue weighted by molar-refractivity contribution is 5.75. The molecule has 0 bridgehead atoms. The van der Waals surface area contributed by atoms with Crippen molar-refractivity contribution in [1.29, 1.82) is 5.26 Å². The van der Waals surface area contributed by atoms with Gasteiger partial charge in [0.05, 0.1) is 18.0 Å². The molecule has 0 radical (unpaired) electrons. The third kappa shape index (κ3) is 6.12. The lowest BCUT2D eigenvalue weighted by Gasteiger charge is -2.07. The minimum Gasteiger partial charge on any atom is -0.382 e. The zero-order valence-electron chi connectivity index (χ0n) is 15.9. The summed E-state index contributed by atoms with van der Waals surface area (Å²) in [5.41, 5.74) is 7.94. The Kier molecular flexibility index (Phi) is 7.83. The quantitative estimate of drug-likeness (QED) is 0.626. The molecule has 0 saturated heterocycles. The number of nitrogens with one attached hydrogen (secondary N) is 1. The monoisotopic (exact) mass is 369 g/mol. The second-order valence-corrected chi connectivity index (χ2v) is 6.74. The van der Waals surface area contributed by atoms with E-state index in [1.54, 1.807) is 4.68 Å². The van der Waals surface area contributed by atoms with E-state index in [9.17, 15) is 10.1 Å². The van der Waals surface area contributed by atoms with Crippen molar-refractivity contribution in [3.8, 4) is 11.8 Å². The molecule has 1 amide bonds. The van der Waals surface area contributed by atoms with Crippen molar-refractivity contribution >= 4 is 11.7 Å². The topological polar surface area (TPSA) is 106 Å². The van der Waals surface area contributed by atoms with Crippen LogP contribution in [0, 0.1) is 17.2 Å². The zero-order valence-corrected chi connectivity index (χ0v) is 15.9. The molecule has 0 aliphatic carbocycles. The number of carbonyl (C=O) groups excluding carboxylic acids is 1. The highest BCUT2D eigenvalue weighted by Gasteiger charge is 2.16. The Morgan fingerprint density at radius 3 is 2.78 bits per heavy atom. The number of para-hydroxylation sites is 1. The number of benzene rings is 1. The van der Waals surface area contributed by atoms with Gasteiger partial charge in [0.25, 0.3) is 0 Å². The summed E-state index contributed by atoms with van der Waals surface area (Å²) in [6.07, 6.45) is 1.60. The Hall–Kier alpha value is -2.85. The minimum absolute atomic E-state index is 0.0337. The number of rotatable bonds is 10. The van der Waals surface area contributed by atoms with Crippen LogP contribution in [0.15, 0.2) is 30.3 Å². The van der Waals surface area contributed by atoms with Crippen LogP contribution in [0.25, 0.3) is 5.69 Å². The maximum atomic E-state index is 11.8. The van der Waals surface area contributed by atoms with Crippen LogP contribution in [0.3, 0.4) is 0 Å². The van der Waals surface area contributed by atoms with Gasteiger partial charge in [-0.05, 0) is 30.9 Å². The molecule has 0 aliphatic heterocycles. The Balaban J connectivity index is 1.82. The van der Waals surface area contributed by atoms with Gasteiger partial charge < -0.3 is 15.8 Å². The van der Waals surface area contributed by atoms with E-state index in [4.69, 9.17) is 10.5 Å². The predicted octanol–water partition coefficient (Wildman–Crippen LogP) is 2.44. The first-order chi connectivity index (χ1) is 13.0. The lowest BCUT2D eigenvalue weighted by Crippen LogP contribution is -2.26. The molecule has 7 heteroatoms. The molecule has 1 heterocycles. The van der Waals surface area contributed by atoms with Gasteiger partial charge in [-0.1, -0.05) is 32.0 Å². The van der Waals surface area contributed by atoms with Crippen LogP contribution in [-0.2, 0) is 16.0 Å². The third-order valence-electron chi connectivity index (χ3n) is 3.94. The van der Waals surface area contributed by atoms with Crippen molar-refractivity contribution in [2.75, 3.05) is 25.5 Å². The van der Waals surface area contributed by atoms with Crippen LogP contribution in [0.2, 0.25) is 0 Å². The van der Waals surface area contributed by atoms with E-state index >= 15 is 0 Å². The maximum Gasteiger partial charge on any atom is 0.222 e. The number of carbonyl (C=O) groups is 1. The van der Waals surface area contributed by atoms with Gasteiger partial charge in [-0.3, -0.25) is 4.79 Å². The fraction of sp³-hybridized carbons (Fsp3) is 0.450. The molecule has 1 aromatic carbocycles. The highest BCUT2D eigenvalue weighted by atomic mass is 16.5. The van der Waals surface area contributed by atoms with E-state index in [-0.39, 0.29) is 5.91 Å². The van der Waals surface area contributed by atoms with Crippen LogP contribution in [0.1, 0.15) is 37.9 Å². The molecular formula is C20H27N5O2. The number of nitrogens with two attached hydrogens (primary N) is 1. The van der Waals surface area contributed by atoms with Gasteiger partial charge >= 0.3 is 0 Å². The average molecular weight is 369 g/mol. The van der Waals surface area contributed by atoms with Gasteiger partial charge in [0.1, 0.15) is 17.5 Å². The molecule has 0 atom stereocenters. The lowest BCUT2D eigenvalue weighted by atomic mass is 10.1. The summed E-state index contributed by atoms with van der Waals surface area (Å²) in [6, 6.07) is 11.6. The number of ether oxygens (including phenoxy) is 1. The van der Waals surface area contributed by atoms with E-state index in [0.717, 1.165) is 5.69 Å². The van der Waals surface area contributed by atoms with Crippen LogP contribution in [-0.4, -0.2) is 35.4 Å². The first-order valence-corrected chi connectivity index (χ1v) is 9.20. The van der Waals surface area contributed by atoms with Crippen molar-refractivity contribution in [2.45, 2.75) is 33.1 Å². The molecule has 144 valence electrons. The number of hydrogen-bond donors (Lipinski definition) is 2. The van der Waals surface area contributed by atoms with Gasteiger partial charge in [-0.15, -0.1) is 0 Å². The molecule has 7 nitrogen and oxygen atoms in total. The van der Waals surface area contributed by atoms with E-state index < -0.39 is 0 Å². The molecule has 2 aromatic rings. The van der Waals surface area contributed by atoms with Crippen LogP contribution in [0.5, 0.6) is 0 Å². The van der Waals surface area contributed by atoms with Crippen molar-refractivity contribution < 1.29 is 9.53 Å². The van der Waals surface area contributed by atoms with Crippen LogP contribution >= 0.6 is 0 Å². The average Bonchev–Trinajstić information content (AvgIpc) is 2.98. The van der Waals surface area contributed by atoms with Gasteiger partial charge in [-0.2, -0.15) is 10.4 Å². The molecule has 0 fully saturated rings. The second kappa shape index (κ2) is 10.3. The second-order valence-electron chi connectivity index (χ2n) is 6.74. The smallest absolute Gasteiger partial charge is 0.222 e. The van der Waals surface area contributed by atoms with Crippen molar-refractivity contribution in [3.63, 3.8) is 0 Å². The van der Waals surface area contributed by atoms with Gasteiger partial charge in [0.15, 0.2) is 0 Å². The number of aryl methyl sites for hydroxylation is 1. The number of nitrogen functional groups attached to an aromatic ring is 1. The number of hydrogen-bond acceptors (Lipinski definition) is 5. The molecule has 0 saturated carbocycles. The standard InChI is InChI=1S/C20H27N5O2/c1-15(2)14-27-12-10-19(26)23-11-6-9-18-17(13-21)20(22)25(24-18)16-7-4-3-5-8-16/h3-5,7-8,15H,6,9-12,14,22H2,1-2H3,(H,23,26).